The number of unbranched alkanes of at least 4 members (excludes halogenated alkanes) is 2. The molecule has 0 saturated carbocycles. The van der Waals surface area contributed by atoms with Gasteiger partial charge < -0.3 is 0 Å². The fourth-order valence-corrected chi connectivity index (χ4v) is 7.03. The van der Waals surface area contributed by atoms with Crippen molar-refractivity contribution < 1.29 is 13.2 Å². The number of nitrogens with zero attached hydrogens (tertiary/aromatic N) is 4. The standard InChI is InChI=1S/C28H31BrN4O3S2/c1-3-5-16-32(17-6-4-2)38(35,36)24-12-9-22(10-13-24)27(34)33(20-21-8-7-15-30-19-21)28-31-25-14-11-23(29)18-26(25)37-28/h7-15,18-19H,3-6,16-17,20H2,1-2H3. The van der Waals surface area contributed by atoms with Gasteiger partial charge in [-0.15, -0.1) is 0 Å². The normalized spacial score (nSPS) is 11.8. The largest absolute Gasteiger partial charge is 0.279 e. The highest BCUT2D eigenvalue weighted by molar-refractivity contribution is 9.10. The third-order valence-electron chi connectivity index (χ3n) is 6.14. The van der Waals surface area contributed by atoms with E-state index in [1.54, 1.807) is 33.7 Å². The molecule has 0 radical (unpaired) electrons. The molecule has 0 atom stereocenters. The number of aromatic nitrogens is 2. The van der Waals surface area contributed by atoms with Crippen molar-refractivity contribution in [2.24, 2.45) is 0 Å². The lowest BCUT2D eigenvalue weighted by atomic mass is 10.2. The maximum absolute atomic E-state index is 13.8. The van der Waals surface area contributed by atoms with Crippen LogP contribution < -0.4 is 4.90 Å². The van der Waals surface area contributed by atoms with Crippen LogP contribution in [-0.2, 0) is 16.6 Å². The molecule has 0 bridgehead atoms. The minimum Gasteiger partial charge on any atom is -0.279 e. The Hall–Kier alpha value is -2.66. The number of hydrogen-bond acceptors (Lipinski definition) is 6. The second-order valence-electron chi connectivity index (χ2n) is 9.00. The van der Waals surface area contributed by atoms with Gasteiger partial charge in [-0.05, 0) is 66.9 Å². The van der Waals surface area contributed by atoms with Gasteiger partial charge in [-0.1, -0.05) is 60.0 Å². The molecular formula is C28H31BrN4O3S2. The first-order valence-electron chi connectivity index (χ1n) is 12.7. The summed E-state index contributed by atoms with van der Waals surface area (Å²) >= 11 is 4.93. The molecule has 4 aromatic rings. The molecule has 2 heterocycles. The Balaban J connectivity index is 1.64. The van der Waals surface area contributed by atoms with Crippen LogP contribution in [0.3, 0.4) is 0 Å². The quantitative estimate of drug-likeness (QED) is 0.173. The summed E-state index contributed by atoms with van der Waals surface area (Å²) in [5.41, 5.74) is 2.06. The molecule has 0 fully saturated rings. The molecule has 0 spiro atoms. The maximum atomic E-state index is 13.8. The van der Waals surface area contributed by atoms with Crippen molar-refractivity contribution in [3.8, 4) is 0 Å². The van der Waals surface area contributed by atoms with E-state index in [0.717, 1.165) is 45.9 Å². The van der Waals surface area contributed by atoms with Crippen molar-refractivity contribution in [3.05, 3.63) is 82.6 Å². The molecule has 0 N–H and O–H groups in total. The van der Waals surface area contributed by atoms with Gasteiger partial charge in [0.05, 0.1) is 21.7 Å². The number of sulfonamides is 1. The molecule has 0 aliphatic heterocycles. The second kappa shape index (κ2) is 12.9. The van der Waals surface area contributed by atoms with Gasteiger partial charge in [0.25, 0.3) is 5.91 Å². The number of rotatable bonds is 12. The number of thiazole rings is 1. The molecule has 0 aliphatic rings. The van der Waals surface area contributed by atoms with Gasteiger partial charge in [0.15, 0.2) is 5.13 Å². The fraction of sp³-hybridized carbons (Fsp3) is 0.321. The van der Waals surface area contributed by atoms with E-state index in [1.807, 2.05) is 44.2 Å². The Labute approximate surface area is 236 Å². The molecule has 0 saturated heterocycles. The molecule has 10 heteroatoms. The molecule has 2 aromatic heterocycles. The third-order valence-corrected chi connectivity index (χ3v) is 9.59. The Bertz CT molecular complexity index is 1470. The number of carbonyl (C=O) groups excluding carboxylic acids is 1. The van der Waals surface area contributed by atoms with Gasteiger partial charge in [0.2, 0.25) is 10.0 Å². The Morgan fingerprint density at radius 2 is 1.71 bits per heavy atom. The van der Waals surface area contributed by atoms with Gasteiger partial charge in [-0.2, -0.15) is 4.31 Å². The van der Waals surface area contributed by atoms with Crippen LogP contribution in [0.1, 0.15) is 55.5 Å². The van der Waals surface area contributed by atoms with E-state index in [4.69, 9.17) is 4.98 Å². The average Bonchev–Trinajstić information content (AvgIpc) is 3.35. The first kappa shape index (κ1) is 28.4. The van der Waals surface area contributed by atoms with E-state index < -0.39 is 10.0 Å². The number of fused-ring (bicyclic) bond motifs is 1. The number of benzene rings is 2. The highest BCUT2D eigenvalue weighted by Gasteiger charge is 2.26. The van der Waals surface area contributed by atoms with Gasteiger partial charge in [0.1, 0.15) is 0 Å². The number of anilines is 1. The smallest absolute Gasteiger partial charge is 0.260 e. The number of hydrogen-bond donors (Lipinski definition) is 0. The summed E-state index contributed by atoms with van der Waals surface area (Å²) in [6.45, 7) is 5.37. The molecule has 38 heavy (non-hydrogen) atoms. The number of pyridine rings is 1. The molecular weight excluding hydrogens is 584 g/mol. The minimum absolute atomic E-state index is 0.199. The van der Waals surface area contributed by atoms with Gasteiger partial charge >= 0.3 is 0 Å². The van der Waals surface area contributed by atoms with Crippen molar-refractivity contribution in [3.63, 3.8) is 0 Å². The Morgan fingerprint density at radius 1 is 1.00 bits per heavy atom. The van der Waals surface area contributed by atoms with Crippen LogP contribution in [0.15, 0.2) is 76.4 Å². The van der Waals surface area contributed by atoms with Crippen molar-refractivity contribution >= 4 is 58.5 Å². The van der Waals surface area contributed by atoms with E-state index in [9.17, 15) is 13.2 Å². The summed E-state index contributed by atoms with van der Waals surface area (Å²) in [5, 5.41) is 0.564. The van der Waals surface area contributed by atoms with Crippen molar-refractivity contribution in [1.29, 1.82) is 0 Å². The van der Waals surface area contributed by atoms with Crippen LogP contribution in [-0.4, -0.2) is 41.7 Å². The number of amides is 1. The molecule has 4 rings (SSSR count). The van der Waals surface area contributed by atoms with E-state index in [2.05, 4.69) is 20.9 Å². The Morgan fingerprint density at radius 3 is 2.34 bits per heavy atom. The number of carbonyl (C=O) groups is 1. The zero-order chi connectivity index (χ0) is 27.1. The van der Waals surface area contributed by atoms with Crippen molar-refractivity contribution in [1.82, 2.24) is 14.3 Å². The van der Waals surface area contributed by atoms with Crippen LogP contribution >= 0.6 is 27.3 Å². The van der Waals surface area contributed by atoms with Gasteiger partial charge in [-0.3, -0.25) is 14.7 Å². The molecule has 0 unspecified atom stereocenters. The predicted molar refractivity (Wildman–Crippen MR) is 157 cm³/mol. The summed E-state index contributed by atoms with van der Waals surface area (Å²) in [7, 11) is -3.64. The third kappa shape index (κ3) is 6.66. The van der Waals surface area contributed by atoms with E-state index in [-0.39, 0.29) is 17.3 Å². The van der Waals surface area contributed by atoms with Crippen LogP contribution in [0.4, 0.5) is 5.13 Å². The van der Waals surface area contributed by atoms with E-state index >= 15 is 0 Å². The van der Waals surface area contributed by atoms with Crippen molar-refractivity contribution in [2.45, 2.75) is 51.0 Å². The minimum atomic E-state index is -3.64. The lowest BCUT2D eigenvalue weighted by molar-refractivity contribution is 0.0985. The van der Waals surface area contributed by atoms with Gasteiger partial charge in [0, 0.05) is 35.5 Å². The van der Waals surface area contributed by atoms with Crippen LogP contribution in [0.5, 0.6) is 0 Å². The second-order valence-corrected chi connectivity index (χ2v) is 12.9. The summed E-state index contributed by atoms with van der Waals surface area (Å²) < 4.78 is 30.2. The first-order chi connectivity index (χ1) is 18.3. The summed E-state index contributed by atoms with van der Waals surface area (Å²) in [4.78, 5) is 24.5. The topological polar surface area (TPSA) is 83.5 Å². The van der Waals surface area contributed by atoms with E-state index in [0.29, 0.717) is 23.8 Å². The highest BCUT2D eigenvalue weighted by Crippen LogP contribution is 2.32. The predicted octanol–water partition coefficient (Wildman–Crippen LogP) is 6.89. The molecule has 1 amide bonds. The van der Waals surface area contributed by atoms with Crippen LogP contribution in [0, 0.1) is 0 Å². The van der Waals surface area contributed by atoms with Crippen LogP contribution in [0.25, 0.3) is 10.2 Å². The summed E-state index contributed by atoms with van der Waals surface area (Å²) in [5.74, 6) is -0.259. The summed E-state index contributed by atoms with van der Waals surface area (Å²) in [6, 6.07) is 15.8. The SMILES string of the molecule is CCCCN(CCCC)S(=O)(=O)c1ccc(C(=O)N(Cc2cccnc2)c2nc3ccc(Br)cc3s2)cc1. The first-order valence-corrected chi connectivity index (χ1v) is 15.8. The fourth-order valence-electron chi connectivity index (χ4n) is 4.00. The molecule has 0 aliphatic carbocycles. The number of halogens is 1. The molecule has 7 nitrogen and oxygen atoms in total. The maximum Gasteiger partial charge on any atom is 0.260 e. The highest BCUT2D eigenvalue weighted by atomic mass is 79.9. The average molecular weight is 616 g/mol. The van der Waals surface area contributed by atoms with E-state index in [1.165, 1.54) is 23.5 Å². The Kier molecular flexibility index (Phi) is 9.64. The zero-order valence-electron chi connectivity index (χ0n) is 21.5. The molecule has 2 aromatic carbocycles. The lowest BCUT2D eigenvalue weighted by Gasteiger charge is -2.22. The van der Waals surface area contributed by atoms with Gasteiger partial charge in [-0.25, -0.2) is 13.4 Å². The monoisotopic (exact) mass is 614 g/mol. The summed E-state index contributed by atoms with van der Waals surface area (Å²) in [6.07, 6.45) is 6.86. The molecule has 200 valence electrons. The van der Waals surface area contributed by atoms with Crippen LogP contribution in [0.2, 0.25) is 0 Å². The zero-order valence-corrected chi connectivity index (χ0v) is 24.7. The lowest BCUT2D eigenvalue weighted by Crippen LogP contribution is -2.33. The van der Waals surface area contributed by atoms with Crippen molar-refractivity contribution in [2.75, 3.05) is 18.0 Å².